The van der Waals surface area contributed by atoms with Crippen molar-refractivity contribution in [2.24, 2.45) is 0 Å². The number of anilines is 1. The van der Waals surface area contributed by atoms with Gasteiger partial charge >= 0.3 is 0 Å². The molecule has 1 aliphatic rings. The number of carbonyl (C=O) groups is 1. The van der Waals surface area contributed by atoms with Gasteiger partial charge in [-0.05, 0) is 44.0 Å². The maximum Gasteiger partial charge on any atom is 0.226 e. The summed E-state index contributed by atoms with van der Waals surface area (Å²) in [5.74, 6) is 0.717. The molecule has 21 heavy (non-hydrogen) atoms. The van der Waals surface area contributed by atoms with Crippen LogP contribution in [0.3, 0.4) is 0 Å². The lowest BCUT2D eigenvalue weighted by molar-refractivity contribution is -0.116. The Morgan fingerprint density at radius 2 is 2.29 bits per heavy atom. The smallest absolute Gasteiger partial charge is 0.226 e. The van der Waals surface area contributed by atoms with E-state index in [0.29, 0.717) is 31.4 Å². The third-order valence-electron chi connectivity index (χ3n) is 3.55. The summed E-state index contributed by atoms with van der Waals surface area (Å²) in [6, 6.07) is 6.08. The van der Waals surface area contributed by atoms with Crippen LogP contribution in [-0.2, 0) is 9.53 Å². The number of rotatable bonds is 7. The van der Waals surface area contributed by atoms with Crippen LogP contribution in [0.5, 0.6) is 5.75 Å². The van der Waals surface area contributed by atoms with Crippen LogP contribution in [-0.4, -0.2) is 38.8 Å². The lowest BCUT2D eigenvalue weighted by atomic mass is 10.1. The SMILES string of the molecule is COCCOc1cc(C)ccc1NC(=O)CC1CCCN1. The first-order valence-electron chi connectivity index (χ1n) is 7.44. The number of carbonyl (C=O) groups excluding carboxylic acids is 1. The van der Waals surface area contributed by atoms with E-state index in [2.05, 4.69) is 10.6 Å². The Balaban J connectivity index is 1.95. The van der Waals surface area contributed by atoms with Gasteiger partial charge in [0.25, 0.3) is 0 Å². The molecule has 1 saturated heterocycles. The molecule has 5 nitrogen and oxygen atoms in total. The van der Waals surface area contributed by atoms with Crippen molar-refractivity contribution in [2.45, 2.75) is 32.2 Å². The highest BCUT2D eigenvalue weighted by Gasteiger charge is 2.18. The molecule has 2 rings (SSSR count). The summed E-state index contributed by atoms with van der Waals surface area (Å²) in [5.41, 5.74) is 1.82. The van der Waals surface area contributed by atoms with E-state index in [4.69, 9.17) is 9.47 Å². The molecule has 0 saturated carbocycles. The summed E-state index contributed by atoms with van der Waals surface area (Å²) in [6.45, 7) is 3.99. The van der Waals surface area contributed by atoms with Crippen LogP contribution >= 0.6 is 0 Å². The zero-order valence-electron chi connectivity index (χ0n) is 12.8. The maximum atomic E-state index is 12.1. The van der Waals surface area contributed by atoms with Gasteiger partial charge in [-0.3, -0.25) is 4.79 Å². The fourth-order valence-corrected chi connectivity index (χ4v) is 2.44. The second-order valence-electron chi connectivity index (χ2n) is 5.39. The Hall–Kier alpha value is -1.59. The molecule has 1 aromatic rings. The van der Waals surface area contributed by atoms with Gasteiger partial charge < -0.3 is 20.1 Å². The second kappa shape index (κ2) is 8.00. The largest absolute Gasteiger partial charge is 0.489 e. The van der Waals surface area contributed by atoms with E-state index in [0.717, 1.165) is 30.6 Å². The number of hydrogen-bond acceptors (Lipinski definition) is 4. The molecular weight excluding hydrogens is 268 g/mol. The standard InChI is InChI=1S/C16H24N2O3/c1-12-5-6-14(15(10-12)21-9-8-20-2)18-16(19)11-13-4-3-7-17-13/h5-6,10,13,17H,3-4,7-9,11H2,1-2H3,(H,18,19). The van der Waals surface area contributed by atoms with Gasteiger partial charge in [-0.1, -0.05) is 6.07 Å². The number of hydrogen-bond donors (Lipinski definition) is 2. The lowest BCUT2D eigenvalue weighted by Crippen LogP contribution is -2.27. The molecule has 0 aliphatic carbocycles. The van der Waals surface area contributed by atoms with Crippen molar-refractivity contribution in [3.8, 4) is 5.75 Å². The van der Waals surface area contributed by atoms with E-state index in [1.807, 2.05) is 25.1 Å². The first kappa shape index (κ1) is 15.8. The number of methoxy groups -OCH3 is 1. The van der Waals surface area contributed by atoms with Crippen LogP contribution < -0.4 is 15.4 Å². The molecule has 116 valence electrons. The summed E-state index contributed by atoms with van der Waals surface area (Å²) in [6.07, 6.45) is 2.72. The van der Waals surface area contributed by atoms with E-state index in [9.17, 15) is 4.79 Å². The predicted molar refractivity (Wildman–Crippen MR) is 82.8 cm³/mol. The Morgan fingerprint density at radius 3 is 3.00 bits per heavy atom. The fourth-order valence-electron chi connectivity index (χ4n) is 2.44. The number of amides is 1. The zero-order chi connectivity index (χ0) is 15.1. The highest BCUT2D eigenvalue weighted by Crippen LogP contribution is 2.26. The Kier molecular flexibility index (Phi) is 6.02. The number of benzene rings is 1. The Morgan fingerprint density at radius 1 is 1.43 bits per heavy atom. The monoisotopic (exact) mass is 292 g/mol. The second-order valence-corrected chi connectivity index (χ2v) is 5.39. The van der Waals surface area contributed by atoms with Gasteiger partial charge in [-0.25, -0.2) is 0 Å². The van der Waals surface area contributed by atoms with Gasteiger partial charge in [-0.15, -0.1) is 0 Å². The molecule has 1 amide bonds. The summed E-state index contributed by atoms with van der Waals surface area (Å²) in [5, 5.41) is 6.28. The van der Waals surface area contributed by atoms with Crippen molar-refractivity contribution in [3.63, 3.8) is 0 Å². The molecule has 2 N–H and O–H groups in total. The van der Waals surface area contributed by atoms with Crippen LogP contribution in [0.4, 0.5) is 5.69 Å². The first-order chi connectivity index (χ1) is 10.2. The van der Waals surface area contributed by atoms with Crippen LogP contribution in [0.25, 0.3) is 0 Å². The molecule has 0 spiro atoms. The minimum Gasteiger partial charge on any atom is -0.489 e. The summed E-state index contributed by atoms with van der Waals surface area (Å²) in [4.78, 5) is 12.1. The Labute approximate surface area is 126 Å². The number of aryl methyl sites for hydroxylation is 1. The molecule has 1 atom stereocenters. The average Bonchev–Trinajstić information content (AvgIpc) is 2.95. The summed E-state index contributed by atoms with van der Waals surface area (Å²) in [7, 11) is 1.64. The molecule has 1 aliphatic heterocycles. The predicted octanol–water partition coefficient (Wildman–Crippen LogP) is 2.10. The molecule has 1 heterocycles. The van der Waals surface area contributed by atoms with Crippen LogP contribution in [0.2, 0.25) is 0 Å². The van der Waals surface area contributed by atoms with E-state index in [-0.39, 0.29) is 5.91 Å². The van der Waals surface area contributed by atoms with Crippen LogP contribution in [0, 0.1) is 6.92 Å². The molecule has 1 aromatic carbocycles. The normalized spacial score (nSPS) is 17.7. The van der Waals surface area contributed by atoms with Crippen molar-refractivity contribution >= 4 is 11.6 Å². The van der Waals surface area contributed by atoms with Crippen LogP contribution in [0.1, 0.15) is 24.8 Å². The molecule has 0 aromatic heterocycles. The molecule has 0 radical (unpaired) electrons. The van der Waals surface area contributed by atoms with Gasteiger partial charge in [-0.2, -0.15) is 0 Å². The third-order valence-corrected chi connectivity index (χ3v) is 3.55. The topological polar surface area (TPSA) is 59.6 Å². The number of nitrogens with one attached hydrogen (secondary N) is 2. The molecule has 0 bridgehead atoms. The first-order valence-corrected chi connectivity index (χ1v) is 7.44. The highest BCUT2D eigenvalue weighted by atomic mass is 16.5. The van der Waals surface area contributed by atoms with Crippen molar-refractivity contribution < 1.29 is 14.3 Å². The summed E-state index contributed by atoms with van der Waals surface area (Å²) >= 11 is 0. The van der Waals surface area contributed by atoms with Gasteiger partial charge in [0.15, 0.2) is 0 Å². The van der Waals surface area contributed by atoms with Crippen molar-refractivity contribution in [2.75, 3.05) is 32.2 Å². The summed E-state index contributed by atoms with van der Waals surface area (Å²) < 4.78 is 10.7. The van der Waals surface area contributed by atoms with Crippen molar-refractivity contribution in [1.29, 1.82) is 0 Å². The minimum absolute atomic E-state index is 0.0230. The third kappa shape index (κ3) is 5.02. The van der Waals surface area contributed by atoms with Gasteiger partial charge in [0.05, 0.1) is 12.3 Å². The number of ether oxygens (including phenoxy) is 2. The van der Waals surface area contributed by atoms with E-state index in [1.54, 1.807) is 7.11 Å². The van der Waals surface area contributed by atoms with Gasteiger partial charge in [0.2, 0.25) is 5.91 Å². The van der Waals surface area contributed by atoms with Crippen molar-refractivity contribution in [3.05, 3.63) is 23.8 Å². The zero-order valence-corrected chi connectivity index (χ0v) is 12.8. The fraction of sp³-hybridized carbons (Fsp3) is 0.562. The van der Waals surface area contributed by atoms with E-state index in [1.165, 1.54) is 0 Å². The minimum atomic E-state index is 0.0230. The van der Waals surface area contributed by atoms with Gasteiger partial charge in [0, 0.05) is 19.6 Å². The van der Waals surface area contributed by atoms with Crippen LogP contribution in [0.15, 0.2) is 18.2 Å². The molecule has 1 fully saturated rings. The van der Waals surface area contributed by atoms with E-state index < -0.39 is 0 Å². The lowest BCUT2D eigenvalue weighted by Gasteiger charge is -2.15. The molecular formula is C16H24N2O3. The molecule has 1 unspecified atom stereocenters. The van der Waals surface area contributed by atoms with Crippen molar-refractivity contribution in [1.82, 2.24) is 5.32 Å². The highest BCUT2D eigenvalue weighted by molar-refractivity contribution is 5.92. The average molecular weight is 292 g/mol. The quantitative estimate of drug-likeness (QED) is 0.756. The van der Waals surface area contributed by atoms with E-state index >= 15 is 0 Å². The Bertz CT molecular complexity index is 471. The molecule has 5 heteroatoms. The van der Waals surface area contributed by atoms with Gasteiger partial charge in [0.1, 0.15) is 12.4 Å². The maximum absolute atomic E-state index is 12.1.